The van der Waals surface area contributed by atoms with Crippen molar-refractivity contribution in [3.63, 3.8) is 0 Å². The van der Waals surface area contributed by atoms with E-state index in [-0.39, 0.29) is 11.1 Å². The Labute approximate surface area is 110 Å². The monoisotopic (exact) mass is 263 g/mol. The van der Waals surface area contributed by atoms with E-state index in [9.17, 15) is 8.78 Å². The fraction of sp³-hybridized carbons (Fsp3) is 0.286. The molecule has 1 heterocycles. The van der Waals surface area contributed by atoms with Crippen LogP contribution in [-0.4, -0.2) is 16.5 Å². The first kappa shape index (κ1) is 13.4. The van der Waals surface area contributed by atoms with Crippen LogP contribution in [0.3, 0.4) is 0 Å². The zero-order chi connectivity index (χ0) is 13.8. The molecule has 1 aromatic heterocycles. The minimum Gasteiger partial charge on any atom is -0.354 e. The summed E-state index contributed by atoms with van der Waals surface area (Å²) < 4.78 is 27.4. The average Bonchev–Trinajstić information content (AvgIpc) is 2.43. The molecule has 0 saturated heterocycles. The molecule has 0 unspecified atom stereocenters. The molecule has 0 spiro atoms. The van der Waals surface area contributed by atoms with Gasteiger partial charge in [0.1, 0.15) is 0 Å². The average molecular weight is 263 g/mol. The van der Waals surface area contributed by atoms with Crippen LogP contribution < -0.4 is 5.32 Å². The number of rotatable bonds is 4. The molecule has 0 fully saturated rings. The fourth-order valence-corrected chi connectivity index (χ4v) is 1.67. The van der Waals surface area contributed by atoms with Gasteiger partial charge in [-0.25, -0.2) is 18.7 Å². The SMILES string of the molecule is CCCNc1nccc(-c2ccc(C)c(F)c2F)n1. The van der Waals surface area contributed by atoms with Gasteiger partial charge in [0.05, 0.1) is 5.69 Å². The lowest BCUT2D eigenvalue weighted by Crippen LogP contribution is -2.05. The third kappa shape index (κ3) is 2.86. The Morgan fingerprint density at radius 3 is 2.68 bits per heavy atom. The molecule has 3 nitrogen and oxygen atoms in total. The molecule has 0 aliphatic heterocycles. The van der Waals surface area contributed by atoms with E-state index < -0.39 is 11.6 Å². The number of hydrogen-bond acceptors (Lipinski definition) is 3. The molecule has 0 saturated carbocycles. The van der Waals surface area contributed by atoms with Crippen LogP contribution in [0.15, 0.2) is 24.4 Å². The molecule has 5 heteroatoms. The first-order chi connectivity index (χ1) is 9.13. The molecule has 0 bridgehead atoms. The maximum absolute atomic E-state index is 13.9. The smallest absolute Gasteiger partial charge is 0.223 e. The number of nitrogens with zero attached hydrogens (tertiary/aromatic N) is 2. The summed E-state index contributed by atoms with van der Waals surface area (Å²) in [6, 6.07) is 4.62. The number of benzene rings is 1. The summed E-state index contributed by atoms with van der Waals surface area (Å²) in [5.41, 5.74) is 0.787. The Morgan fingerprint density at radius 1 is 1.16 bits per heavy atom. The van der Waals surface area contributed by atoms with Crippen molar-refractivity contribution < 1.29 is 8.78 Å². The van der Waals surface area contributed by atoms with Crippen molar-refractivity contribution in [1.82, 2.24) is 9.97 Å². The molecule has 1 N–H and O–H groups in total. The van der Waals surface area contributed by atoms with Gasteiger partial charge in [-0.3, -0.25) is 0 Å². The molecule has 2 aromatic rings. The van der Waals surface area contributed by atoms with E-state index in [2.05, 4.69) is 15.3 Å². The summed E-state index contributed by atoms with van der Waals surface area (Å²) in [5, 5.41) is 3.01. The Hall–Kier alpha value is -2.04. The lowest BCUT2D eigenvalue weighted by molar-refractivity contribution is 0.505. The van der Waals surface area contributed by atoms with Crippen LogP contribution in [0.2, 0.25) is 0 Å². The molecule has 0 atom stereocenters. The zero-order valence-electron chi connectivity index (χ0n) is 10.9. The quantitative estimate of drug-likeness (QED) is 0.916. The summed E-state index contributed by atoms with van der Waals surface area (Å²) in [7, 11) is 0. The van der Waals surface area contributed by atoms with Gasteiger partial charge in [-0.1, -0.05) is 13.0 Å². The molecule has 0 amide bonds. The van der Waals surface area contributed by atoms with Crippen LogP contribution in [0.25, 0.3) is 11.3 Å². The summed E-state index contributed by atoms with van der Waals surface area (Å²) in [4.78, 5) is 8.22. The van der Waals surface area contributed by atoms with Gasteiger partial charge in [-0.15, -0.1) is 0 Å². The molecular formula is C14H15F2N3. The fourth-order valence-electron chi connectivity index (χ4n) is 1.67. The molecule has 0 radical (unpaired) electrons. The standard InChI is InChI=1S/C14H15F2N3/c1-3-7-17-14-18-8-6-11(19-14)10-5-4-9(2)12(15)13(10)16/h4-6,8H,3,7H2,1-2H3,(H,17,18,19). The van der Waals surface area contributed by atoms with Crippen LogP contribution in [0, 0.1) is 18.6 Å². The second kappa shape index (κ2) is 5.73. The van der Waals surface area contributed by atoms with Crippen LogP contribution in [0.1, 0.15) is 18.9 Å². The molecule has 2 rings (SSSR count). The van der Waals surface area contributed by atoms with E-state index in [1.165, 1.54) is 25.3 Å². The second-order valence-corrected chi connectivity index (χ2v) is 4.25. The van der Waals surface area contributed by atoms with E-state index in [1.807, 2.05) is 6.92 Å². The number of aromatic nitrogens is 2. The van der Waals surface area contributed by atoms with Gasteiger partial charge in [0.2, 0.25) is 5.95 Å². The van der Waals surface area contributed by atoms with Crippen LogP contribution in [-0.2, 0) is 0 Å². The summed E-state index contributed by atoms with van der Waals surface area (Å²) in [6.07, 6.45) is 2.46. The van der Waals surface area contributed by atoms with Crippen molar-refractivity contribution in [3.05, 3.63) is 41.6 Å². The van der Waals surface area contributed by atoms with Crippen molar-refractivity contribution in [2.45, 2.75) is 20.3 Å². The lowest BCUT2D eigenvalue weighted by atomic mass is 10.1. The Morgan fingerprint density at radius 2 is 1.95 bits per heavy atom. The number of halogens is 2. The van der Waals surface area contributed by atoms with E-state index in [0.29, 0.717) is 11.6 Å². The largest absolute Gasteiger partial charge is 0.354 e. The first-order valence-electron chi connectivity index (χ1n) is 6.15. The van der Waals surface area contributed by atoms with Gasteiger partial charge in [-0.2, -0.15) is 0 Å². The molecular weight excluding hydrogens is 248 g/mol. The Bertz CT molecular complexity index is 585. The van der Waals surface area contributed by atoms with Gasteiger partial charge < -0.3 is 5.32 Å². The maximum atomic E-state index is 13.9. The minimum atomic E-state index is -0.875. The highest BCUT2D eigenvalue weighted by atomic mass is 19.2. The molecule has 19 heavy (non-hydrogen) atoms. The molecule has 1 aromatic carbocycles. The van der Waals surface area contributed by atoms with Crippen molar-refractivity contribution in [2.75, 3.05) is 11.9 Å². The number of hydrogen-bond donors (Lipinski definition) is 1. The highest BCUT2D eigenvalue weighted by Crippen LogP contribution is 2.24. The van der Waals surface area contributed by atoms with Crippen molar-refractivity contribution >= 4 is 5.95 Å². The molecule has 0 aliphatic carbocycles. The van der Waals surface area contributed by atoms with Gasteiger partial charge in [0, 0.05) is 18.3 Å². The third-order valence-corrected chi connectivity index (χ3v) is 2.74. The van der Waals surface area contributed by atoms with Gasteiger partial charge in [0.15, 0.2) is 11.6 Å². The minimum absolute atomic E-state index is 0.144. The zero-order valence-corrected chi connectivity index (χ0v) is 10.9. The van der Waals surface area contributed by atoms with Gasteiger partial charge in [-0.05, 0) is 31.0 Å². The van der Waals surface area contributed by atoms with Crippen molar-refractivity contribution in [3.8, 4) is 11.3 Å². The topological polar surface area (TPSA) is 37.8 Å². The van der Waals surface area contributed by atoms with Gasteiger partial charge in [0.25, 0.3) is 0 Å². The predicted octanol–water partition coefficient (Wildman–Crippen LogP) is 3.55. The highest BCUT2D eigenvalue weighted by Gasteiger charge is 2.13. The van der Waals surface area contributed by atoms with Crippen molar-refractivity contribution in [2.24, 2.45) is 0 Å². The Kier molecular flexibility index (Phi) is 4.04. The van der Waals surface area contributed by atoms with Crippen molar-refractivity contribution in [1.29, 1.82) is 0 Å². The van der Waals surface area contributed by atoms with Gasteiger partial charge >= 0.3 is 0 Å². The number of anilines is 1. The summed E-state index contributed by atoms with van der Waals surface area (Å²) in [5.74, 6) is -1.29. The first-order valence-corrected chi connectivity index (χ1v) is 6.15. The number of aryl methyl sites for hydroxylation is 1. The van der Waals surface area contributed by atoms with Crippen LogP contribution >= 0.6 is 0 Å². The van der Waals surface area contributed by atoms with E-state index in [0.717, 1.165) is 13.0 Å². The Balaban J connectivity index is 2.39. The predicted molar refractivity (Wildman–Crippen MR) is 70.9 cm³/mol. The lowest BCUT2D eigenvalue weighted by Gasteiger charge is -2.07. The second-order valence-electron chi connectivity index (χ2n) is 4.25. The van der Waals surface area contributed by atoms with Crippen LogP contribution in [0.5, 0.6) is 0 Å². The normalized spacial score (nSPS) is 10.5. The molecule has 0 aliphatic rings. The van der Waals surface area contributed by atoms with E-state index in [1.54, 1.807) is 6.07 Å². The summed E-state index contributed by atoms with van der Waals surface area (Å²) in [6.45, 7) is 4.27. The molecule has 100 valence electrons. The maximum Gasteiger partial charge on any atom is 0.223 e. The summed E-state index contributed by atoms with van der Waals surface area (Å²) >= 11 is 0. The van der Waals surface area contributed by atoms with E-state index >= 15 is 0 Å². The third-order valence-electron chi connectivity index (χ3n) is 2.74. The highest BCUT2D eigenvalue weighted by molar-refractivity contribution is 5.61. The van der Waals surface area contributed by atoms with E-state index in [4.69, 9.17) is 0 Å². The number of nitrogens with one attached hydrogen (secondary N) is 1. The van der Waals surface area contributed by atoms with Crippen LogP contribution in [0.4, 0.5) is 14.7 Å².